The maximum atomic E-state index is 11.1. The van der Waals surface area contributed by atoms with Crippen molar-refractivity contribution in [2.24, 2.45) is 0 Å². The molecule has 0 saturated heterocycles. The van der Waals surface area contributed by atoms with E-state index in [-0.39, 0.29) is 11.7 Å². The Morgan fingerprint density at radius 1 is 1.75 bits per heavy atom. The van der Waals surface area contributed by atoms with Crippen LogP contribution >= 0.6 is 22.9 Å². The summed E-state index contributed by atoms with van der Waals surface area (Å²) in [4.78, 5) is 15.2. The van der Waals surface area contributed by atoms with E-state index in [9.17, 15) is 4.79 Å². The Balaban J connectivity index is 2.84. The number of alkyl halides is 1. The van der Waals surface area contributed by atoms with Crippen LogP contribution in [0.3, 0.4) is 0 Å². The van der Waals surface area contributed by atoms with Gasteiger partial charge in [0.1, 0.15) is 0 Å². The van der Waals surface area contributed by atoms with Crippen molar-refractivity contribution in [1.82, 2.24) is 4.98 Å². The van der Waals surface area contributed by atoms with E-state index in [4.69, 9.17) is 11.6 Å². The Morgan fingerprint density at radius 2 is 2.42 bits per heavy atom. The van der Waals surface area contributed by atoms with Crippen LogP contribution < -0.4 is 0 Å². The van der Waals surface area contributed by atoms with Crippen LogP contribution in [0.2, 0.25) is 0 Å². The van der Waals surface area contributed by atoms with E-state index in [2.05, 4.69) is 4.98 Å². The normalized spacial score (nSPS) is 10.7. The number of thiazole rings is 1. The van der Waals surface area contributed by atoms with Crippen molar-refractivity contribution in [1.29, 1.82) is 0 Å². The Labute approximate surface area is 80.6 Å². The third-order valence-electron chi connectivity index (χ3n) is 1.47. The number of carbonyl (C=O) groups is 1. The number of nitrogens with zero attached hydrogens (tertiary/aromatic N) is 1. The van der Waals surface area contributed by atoms with Gasteiger partial charge in [0.05, 0.1) is 11.6 Å². The molecule has 2 nitrogen and oxygen atoms in total. The van der Waals surface area contributed by atoms with Crippen LogP contribution in [0.4, 0.5) is 0 Å². The lowest BCUT2D eigenvalue weighted by atomic mass is 10.2. The van der Waals surface area contributed by atoms with Gasteiger partial charge in [0.25, 0.3) is 0 Å². The molecule has 1 heterocycles. The Bertz CT molecular complexity index is 282. The lowest BCUT2D eigenvalue weighted by Crippen LogP contribution is -1.99. The lowest BCUT2D eigenvalue weighted by molar-refractivity contribution is 0.102. The topological polar surface area (TPSA) is 30.0 Å². The Hall–Kier alpha value is -0.410. The molecule has 0 atom stereocenters. The maximum Gasteiger partial charge on any atom is 0.206 e. The molecule has 0 N–H and O–H groups in total. The van der Waals surface area contributed by atoms with Gasteiger partial charge in [0.15, 0.2) is 5.01 Å². The van der Waals surface area contributed by atoms with Crippen molar-refractivity contribution in [3.8, 4) is 0 Å². The Morgan fingerprint density at radius 3 is 2.83 bits per heavy atom. The molecule has 12 heavy (non-hydrogen) atoms. The van der Waals surface area contributed by atoms with Gasteiger partial charge >= 0.3 is 0 Å². The van der Waals surface area contributed by atoms with Crippen LogP contribution in [0.25, 0.3) is 0 Å². The van der Waals surface area contributed by atoms with Gasteiger partial charge in [0, 0.05) is 5.38 Å². The molecule has 0 aliphatic heterocycles. The highest BCUT2D eigenvalue weighted by Crippen LogP contribution is 2.18. The van der Waals surface area contributed by atoms with E-state index >= 15 is 0 Å². The number of aromatic nitrogens is 1. The van der Waals surface area contributed by atoms with Gasteiger partial charge in [-0.3, -0.25) is 4.79 Å². The first-order chi connectivity index (χ1) is 5.65. The summed E-state index contributed by atoms with van der Waals surface area (Å²) in [5.74, 6) is 0.303. The monoisotopic (exact) mass is 203 g/mol. The number of ketones is 1. The predicted octanol–water partition coefficient (Wildman–Crippen LogP) is 2.69. The van der Waals surface area contributed by atoms with E-state index in [0.29, 0.717) is 10.9 Å². The smallest absolute Gasteiger partial charge is 0.206 e. The largest absolute Gasteiger partial charge is 0.290 e. The fraction of sp³-hybridized carbons (Fsp3) is 0.500. The zero-order valence-corrected chi connectivity index (χ0v) is 8.58. The highest BCUT2D eigenvalue weighted by Gasteiger charge is 2.10. The van der Waals surface area contributed by atoms with Crippen LogP contribution in [0.15, 0.2) is 5.38 Å². The maximum absolute atomic E-state index is 11.1. The summed E-state index contributed by atoms with van der Waals surface area (Å²) in [7, 11) is 0. The number of Topliss-reactive ketones (excluding diaryl/α,β-unsaturated/α-hetero) is 1. The first-order valence-corrected chi connectivity index (χ1v) is 5.11. The zero-order valence-electron chi connectivity index (χ0n) is 7.00. The molecule has 0 radical (unpaired) electrons. The summed E-state index contributed by atoms with van der Waals surface area (Å²) in [6.45, 7) is 4.09. The molecule has 1 aromatic rings. The number of hydrogen-bond acceptors (Lipinski definition) is 3. The van der Waals surface area contributed by atoms with Crippen LogP contribution in [-0.2, 0) is 0 Å². The molecular weight excluding hydrogens is 194 g/mol. The SMILES string of the molecule is CC(C)c1csc(C(=O)CCl)n1. The average Bonchev–Trinajstić information content (AvgIpc) is 2.51. The molecule has 0 aromatic carbocycles. The van der Waals surface area contributed by atoms with Gasteiger partial charge in [-0.1, -0.05) is 13.8 Å². The van der Waals surface area contributed by atoms with Gasteiger partial charge in [-0.2, -0.15) is 0 Å². The molecule has 1 aromatic heterocycles. The Kier molecular flexibility index (Phi) is 3.23. The quantitative estimate of drug-likeness (QED) is 0.559. The van der Waals surface area contributed by atoms with Gasteiger partial charge < -0.3 is 0 Å². The highest BCUT2D eigenvalue weighted by molar-refractivity contribution is 7.11. The molecule has 0 saturated carbocycles. The zero-order chi connectivity index (χ0) is 9.14. The number of carbonyl (C=O) groups excluding carboxylic acids is 1. The highest BCUT2D eigenvalue weighted by atomic mass is 35.5. The van der Waals surface area contributed by atoms with Crippen molar-refractivity contribution in [2.45, 2.75) is 19.8 Å². The molecule has 0 amide bonds. The minimum absolute atomic E-state index is 0.0189. The van der Waals surface area contributed by atoms with E-state index in [1.807, 2.05) is 19.2 Å². The summed E-state index contributed by atoms with van der Waals surface area (Å²) in [6, 6.07) is 0. The van der Waals surface area contributed by atoms with Gasteiger partial charge in [-0.05, 0) is 5.92 Å². The fourth-order valence-electron chi connectivity index (χ4n) is 0.737. The molecule has 0 fully saturated rings. The summed E-state index contributed by atoms with van der Waals surface area (Å²) < 4.78 is 0. The molecule has 1 rings (SSSR count). The molecule has 0 spiro atoms. The van der Waals surface area contributed by atoms with Crippen LogP contribution in [-0.4, -0.2) is 16.6 Å². The third-order valence-corrected chi connectivity index (χ3v) is 2.62. The number of halogens is 1. The summed E-state index contributed by atoms with van der Waals surface area (Å²) in [6.07, 6.45) is 0. The second-order valence-corrected chi connectivity index (χ2v) is 3.91. The molecule has 0 aliphatic rings. The molecule has 0 aliphatic carbocycles. The van der Waals surface area contributed by atoms with Crippen molar-refractivity contribution in [2.75, 3.05) is 5.88 Å². The van der Waals surface area contributed by atoms with Crippen LogP contribution in [0.1, 0.15) is 35.3 Å². The van der Waals surface area contributed by atoms with E-state index in [0.717, 1.165) is 5.69 Å². The van der Waals surface area contributed by atoms with Gasteiger partial charge in [-0.25, -0.2) is 4.98 Å². The van der Waals surface area contributed by atoms with Crippen molar-refractivity contribution in [3.63, 3.8) is 0 Å². The summed E-state index contributed by atoms with van der Waals surface area (Å²) in [5, 5.41) is 2.43. The van der Waals surface area contributed by atoms with E-state index in [1.54, 1.807) is 0 Å². The van der Waals surface area contributed by atoms with Crippen molar-refractivity contribution < 1.29 is 4.79 Å². The van der Waals surface area contributed by atoms with Gasteiger partial charge in [0.2, 0.25) is 5.78 Å². The van der Waals surface area contributed by atoms with Crippen molar-refractivity contribution in [3.05, 3.63) is 16.1 Å². The second kappa shape index (κ2) is 4.01. The molecule has 0 unspecified atom stereocenters. The van der Waals surface area contributed by atoms with Crippen molar-refractivity contribution >= 4 is 28.7 Å². The molecule has 66 valence electrons. The van der Waals surface area contributed by atoms with Crippen LogP contribution in [0.5, 0.6) is 0 Å². The molecular formula is C8H10ClNOS. The average molecular weight is 204 g/mol. The number of rotatable bonds is 3. The minimum Gasteiger partial charge on any atom is -0.290 e. The van der Waals surface area contributed by atoms with E-state index < -0.39 is 0 Å². The molecule has 4 heteroatoms. The minimum atomic E-state index is -0.0893. The summed E-state index contributed by atoms with van der Waals surface area (Å²) in [5.41, 5.74) is 0.966. The van der Waals surface area contributed by atoms with Crippen LogP contribution in [0, 0.1) is 0 Å². The van der Waals surface area contributed by atoms with Gasteiger partial charge in [-0.15, -0.1) is 22.9 Å². The fourth-order valence-corrected chi connectivity index (χ4v) is 1.86. The van der Waals surface area contributed by atoms with E-state index in [1.165, 1.54) is 11.3 Å². The first kappa shape index (κ1) is 9.68. The second-order valence-electron chi connectivity index (χ2n) is 2.79. The standard InChI is InChI=1S/C8H10ClNOS/c1-5(2)6-4-12-8(10-6)7(11)3-9/h4-5H,3H2,1-2H3. The third kappa shape index (κ3) is 2.05. The molecule has 0 bridgehead atoms. The summed E-state index contributed by atoms with van der Waals surface area (Å²) >= 11 is 6.76. The predicted molar refractivity (Wildman–Crippen MR) is 51.3 cm³/mol. The first-order valence-electron chi connectivity index (χ1n) is 3.69. The lowest BCUT2D eigenvalue weighted by Gasteiger charge is -1.95. The number of hydrogen-bond donors (Lipinski definition) is 0.